The number of carbonyl (C=O) groups is 3. The fourth-order valence-electron chi connectivity index (χ4n) is 5.56. The van der Waals surface area contributed by atoms with Gasteiger partial charge >= 0.3 is 0 Å². The molecule has 1 saturated carbocycles. The van der Waals surface area contributed by atoms with Crippen molar-refractivity contribution in [1.82, 2.24) is 9.80 Å². The molecule has 1 saturated heterocycles. The molecular weight excluding hydrogens is 320 g/mol. The maximum Gasteiger partial charge on any atom is 0.233 e. The lowest BCUT2D eigenvalue weighted by molar-refractivity contribution is -0.157. The number of amides is 3. The zero-order chi connectivity index (χ0) is 18.7. The van der Waals surface area contributed by atoms with Crippen molar-refractivity contribution in [3.05, 3.63) is 11.6 Å². The highest BCUT2D eigenvalue weighted by Gasteiger charge is 2.68. The molecule has 3 amide bonds. The molecular formula is C19H28N2O4. The van der Waals surface area contributed by atoms with E-state index in [0.29, 0.717) is 13.1 Å². The Kier molecular flexibility index (Phi) is 4.30. The maximum absolute atomic E-state index is 13.1. The van der Waals surface area contributed by atoms with Crippen LogP contribution in [0.15, 0.2) is 11.6 Å². The Morgan fingerprint density at radius 2 is 1.92 bits per heavy atom. The summed E-state index contributed by atoms with van der Waals surface area (Å²) in [6, 6.07) is 0. The second-order valence-electron chi connectivity index (χ2n) is 7.85. The summed E-state index contributed by atoms with van der Waals surface area (Å²) >= 11 is 0. The van der Waals surface area contributed by atoms with Crippen LogP contribution in [0.25, 0.3) is 0 Å². The van der Waals surface area contributed by atoms with Gasteiger partial charge in [0, 0.05) is 30.3 Å². The number of hydrogen-bond donors (Lipinski definition) is 1. The van der Waals surface area contributed by atoms with E-state index in [1.54, 1.807) is 0 Å². The van der Waals surface area contributed by atoms with Gasteiger partial charge < -0.3 is 10.0 Å². The SMILES string of the molecule is CCN(CO)C(=O)C1C2C(C)=CC(C)(C1C)C1C(=O)N(CC)C(=O)C21. The van der Waals surface area contributed by atoms with Gasteiger partial charge in [-0.15, -0.1) is 0 Å². The van der Waals surface area contributed by atoms with Crippen molar-refractivity contribution in [3.8, 4) is 0 Å². The summed E-state index contributed by atoms with van der Waals surface area (Å²) in [5.41, 5.74) is 0.503. The summed E-state index contributed by atoms with van der Waals surface area (Å²) in [6.07, 6.45) is 2.12. The predicted octanol–water partition coefficient (Wildman–Crippen LogP) is 1.25. The number of aliphatic hydroxyl groups excluding tert-OH is 1. The predicted molar refractivity (Wildman–Crippen MR) is 91.9 cm³/mol. The van der Waals surface area contributed by atoms with Gasteiger partial charge in [-0.2, -0.15) is 0 Å². The average molecular weight is 348 g/mol. The van der Waals surface area contributed by atoms with Crippen LogP contribution in [0.2, 0.25) is 0 Å². The third kappa shape index (κ3) is 2.16. The number of imide groups is 1. The molecule has 0 aromatic carbocycles. The van der Waals surface area contributed by atoms with Crippen LogP contribution in [0.4, 0.5) is 0 Å². The molecule has 25 heavy (non-hydrogen) atoms. The van der Waals surface area contributed by atoms with Gasteiger partial charge in [0.05, 0.1) is 11.8 Å². The number of likely N-dealkylation sites (tertiary alicyclic amines) is 1. The zero-order valence-corrected chi connectivity index (χ0v) is 15.7. The summed E-state index contributed by atoms with van der Waals surface area (Å²) in [6.45, 7) is 10.1. The van der Waals surface area contributed by atoms with E-state index in [-0.39, 0.29) is 48.1 Å². The molecule has 3 aliphatic carbocycles. The summed E-state index contributed by atoms with van der Waals surface area (Å²) < 4.78 is 0. The van der Waals surface area contributed by atoms with E-state index in [9.17, 15) is 19.5 Å². The highest BCUT2D eigenvalue weighted by Crippen LogP contribution is 2.63. The lowest BCUT2D eigenvalue weighted by Gasteiger charge is -2.56. The van der Waals surface area contributed by atoms with Crippen LogP contribution in [0.3, 0.4) is 0 Å². The van der Waals surface area contributed by atoms with Crippen molar-refractivity contribution >= 4 is 17.7 Å². The Morgan fingerprint density at radius 3 is 2.44 bits per heavy atom. The first-order valence-electron chi connectivity index (χ1n) is 9.18. The number of allylic oxidation sites excluding steroid dienone is 2. The van der Waals surface area contributed by atoms with Crippen LogP contribution >= 0.6 is 0 Å². The van der Waals surface area contributed by atoms with Crippen molar-refractivity contribution < 1.29 is 19.5 Å². The molecule has 6 unspecified atom stereocenters. The normalized spacial score (nSPS) is 39.5. The highest BCUT2D eigenvalue weighted by molar-refractivity contribution is 6.07. The second kappa shape index (κ2) is 5.94. The molecule has 2 bridgehead atoms. The first kappa shape index (κ1) is 18.1. The lowest BCUT2D eigenvalue weighted by atomic mass is 9.45. The molecule has 4 aliphatic rings. The molecule has 4 rings (SSSR count). The van der Waals surface area contributed by atoms with Gasteiger partial charge in [0.15, 0.2) is 0 Å². The van der Waals surface area contributed by atoms with Gasteiger partial charge in [0.1, 0.15) is 6.73 Å². The fraction of sp³-hybridized carbons (Fsp3) is 0.737. The molecule has 0 aromatic rings. The quantitative estimate of drug-likeness (QED) is 0.471. The first-order valence-corrected chi connectivity index (χ1v) is 9.18. The lowest BCUT2D eigenvalue weighted by Crippen LogP contribution is -2.59. The Hall–Kier alpha value is -1.69. The third-order valence-corrected chi connectivity index (χ3v) is 6.94. The molecule has 6 nitrogen and oxygen atoms in total. The summed E-state index contributed by atoms with van der Waals surface area (Å²) in [5, 5.41) is 9.54. The van der Waals surface area contributed by atoms with Crippen LogP contribution in [0, 0.1) is 35.0 Å². The van der Waals surface area contributed by atoms with Gasteiger partial charge in [0.25, 0.3) is 0 Å². The first-order chi connectivity index (χ1) is 11.7. The average Bonchev–Trinajstić information content (AvgIpc) is 2.82. The molecule has 6 heteroatoms. The van der Waals surface area contributed by atoms with Crippen molar-refractivity contribution in [2.24, 2.45) is 35.0 Å². The smallest absolute Gasteiger partial charge is 0.233 e. The van der Waals surface area contributed by atoms with Crippen LogP contribution in [-0.4, -0.2) is 52.4 Å². The number of nitrogens with zero attached hydrogens (tertiary/aromatic N) is 2. The van der Waals surface area contributed by atoms with Crippen molar-refractivity contribution in [2.45, 2.75) is 34.6 Å². The number of aliphatic hydroxyl groups is 1. The summed E-state index contributed by atoms with van der Waals surface area (Å²) in [7, 11) is 0. The molecule has 0 aromatic heterocycles. The van der Waals surface area contributed by atoms with Crippen LogP contribution in [0.1, 0.15) is 34.6 Å². The summed E-state index contributed by atoms with van der Waals surface area (Å²) in [4.78, 5) is 41.7. The molecule has 2 fully saturated rings. The monoisotopic (exact) mass is 348 g/mol. The van der Waals surface area contributed by atoms with Gasteiger partial charge in [-0.05, 0) is 26.7 Å². The van der Waals surface area contributed by atoms with Crippen LogP contribution in [0.5, 0.6) is 0 Å². The van der Waals surface area contributed by atoms with Gasteiger partial charge in [-0.1, -0.05) is 25.5 Å². The van der Waals surface area contributed by atoms with Crippen molar-refractivity contribution in [3.63, 3.8) is 0 Å². The van der Waals surface area contributed by atoms with E-state index in [4.69, 9.17) is 0 Å². The van der Waals surface area contributed by atoms with Gasteiger partial charge in [-0.25, -0.2) is 0 Å². The number of rotatable bonds is 4. The Bertz CT molecular complexity index is 654. The molecule has 1 aliphatic heterocycles. The zero-order valence-electron chi connectivity index (χ0n) is 15.7. The highest BCUT2D eigenvalue weighted by atomic mass is 16.3. The Balaban J connectivity index is 2.11. The number of fused-ring (bicyclic) bond motifs is 1. The van der Waals surface area contributed by atoms with E-state index < -0.39 is 11.3 Å². The second-order valence-corrected chi connectivity index (χ2v) is 7.85. The van der Waals surface area contributed by atoms with Crippen LogP contribution < -0.4 is 0 Å². The van der Waals surface area contributed by atoms with E-state index in [1.165, 1.54) is 9.80 Å². The fourth-order valence-corrected chi connectivity index (χ4v) is 5.56. The minimum absolute atomic E-state index is 0.0656. The van der Waals surface area contributed by atoms with E-state index in [1.807, 2.05) is 34.6 Å². The summed E-state index contributed by atoms with van der Waals surface area (Å²) in [5.74, 6) is -1.89. The van der Waals surface area contributed by atoms with Crippen LogP contribution in [-0.2, 0) is 14.4 Å². The molecule has 1 heterocycles. The largest absolute Gasteiger partial charge is 0.376 e. The molecule has 138 valence electrons. The van der Waals surface area contributed by atoms with Crippen molar-refractivity contribution in [2.75, 3.05) is 19.8 Å². The van der Waals surface area contributed by atoms with E-state index >= 15 is 0 Å². The topological polar surface area (TPSA) is 77.9 Å². The maximum atomic E-state index is 13.1. The minimum atomic E-state index is -0.518. The van der Waals surface area contributed by atoms with Crippen molar-refractivity contribution in [1.29, 1.82) is 0 Å². The molecule has 1 N–H and O–H groups in total. The molecule has 6 atom stereocenters. The Labute approximate surface area is 148 Å². The van der Waals surface area contributed by atoms with E-state index in [0.717, 1.165) is 5.57 Å². The number of carbonyl (C=O) groups excluding carboxylic acids is 3. The molecule has 0 spiro atoms. The minimum Gasteiger partial charge on any atom is -0.376 e. The van der Waals surface area contributed by atoms with E-state index in [2.05, 4.69) is 6.08 Å². The standard InChI is InChI=1S/C19H28N2O4/c1-6-20(9-22)16(23)13-11(4)19(5)8-10(3)12(13)14-15(19)18(25)21(7-2)17(14)24/h8,11-15,22H,6-7,9H2,1-5H3. The molecule has 0 radical (unpaired) electrons. The third-order valence-electron chi connectivity index (χ3n) is 6.94. The Morgan fingerprint density at radius 1 is 1.28 bits per heavy atom. The van der Waals surface area contributed by atoms with Gasteiger partial charge in [0.2, 0.25) is 17.7 Å². The van der Waals surface area contributed by atoms with Gasteiger partial charge in [-0.3, -0.25) is 19.3 Å². The number of hydrogen-bond acceptors (Lipinski definition) is 4.